The highest BCUT2D eigenvalue weighted by molar-refractivity contribution is 7.12. The zero-order chi connectivity index (χ0) is 13.9. The summed E-state index contributed by atoms with van der Waals surface area (Å²) >= 11 is 1.89. The first-order valence-electron chi connectivity index (χ1n) is 7.57. The second-order valence-electron chi connectivity index (χ2n) is 6.43. The molecular weight excluding hydrogens is 262 g/mol. The van der Waals surface area contributed by atoms with Crippen LogP contribution in [0.3, 0.4) is 0 Å². The number of hydrogen-bond acceptors (Lipinski definition) is 2. The van der Waals surface area contributed by atoms with Gasteiger partial charge in [0.15, 0.2) is 0 Å². The largest absolute Gasteiger partial charge is 0.323 e. The van der Waals surface area contributed by atoms with E-state index in [1.165, 1.54) is 28.2 Å². The lowest BCUT2D eigenvalue weighted by Crippen LogP contribution is -2.13. The molecule has 20 heavy (non-hydrogen) atoms. The molecule has 2 heteroatoms. The topological polar surface area (TPSA) is 26.0 Å². The van der Waals surface area contributed by atoms with Gasteiger partial charge in [-0.15, -0.1) is 11.3 Å². The minimum absolute atomic E-state index is 0.231. The Kier molecular flexibility index (Phi) is 2.80. The van der Waals surface area contributed by atoms with E-state index in [-0.39, 0.29) is 6.04 Å². The maximum atomic E-state index is 6.64. The van der Waals surface area contributed by atoms with Crippen molar-refractivity contribution in [3.63, 3.8) is 0 Å². The van der Waals surface area contributed by atoms with Crippen LogP contribution in [0.2, 0.25) is 0 Å². The first-order valence-corrected chi connectivity index (χ1v) is 8.39. The van der Waals surface area contributed by atoms with E-state index in [1.54, 1.807) is 11.1 Å². The van der Waals surface area contributed by atoms with Crippen molar-refractivity contribution >= 4 is 11.3 Å². The molecule has 0 amide bonds. The maximum absolute atomic E-state index is 6.64. The summed E-state index contributed by atoms with van der Waals surface area (Å²) in [5, 5.41) is 0. The molecule has 2 aliphatic rings. The highest BCUT2D eigenvalue weighted by atomic mass is 32.1. The van der Waals surface area contributed by atoms with Gasteiger partial charge in [0.25, 0.3) is 0 Å². The predicted molar refractivity (Wildman–Crippen MR) is 85.2 cm³/mol. The van der Waals surface area contributed by atoms with Crippen LogP contribution < -0.4 is 5.73 Å². The molecule has 1 fully saturated rings. The second-order valence-corrected chi connectivity index (χ2v) is 7.72. The quantitative estimate of drug-likeness (QED) is 0.871. The number of nitrogens with two attached hydrogens (primary N) is 1. The predicted octanol–water partition coefficient (Wildman–Crippen LogP) is 4.34. The summed E-state index contributed by atoms with van der Waals surface area (Å²) < 4.78 is 0. The van der Waals surface area contributed by atoms with Crippen LogP contribution in [-0.4, -0.2) is 0 Å². The smallest absolute Gasteiger partial charge is 0.0430 e. The van der Waals surface area contributed by atoms with E-state index >= 15 is 0 Å². The minimum atomic E-state index is 0.231. The van der Waals surface area contributed by atoms with Gasteiger partial charge in [0, 0.05) is 15.8 Å². The van der Waals surface area contributed by atoms with Crippen LogP contribution in [0.25, 0.3) is 0 Å². The molecule has 2 aromatic rings. The Balaban J connectivity index is 1.65. The first kappa shape index (κ1) is 12.6. The van der Waals surface area contributed by atoms with Crippen molar-refractivity contribution in [2.24, 2.45) is 17.6 Å². The Hall–Kier alpha value is -1.12. The van der Waals surface area contributed by atoms with Gasteiger partial charge in [-0.2, -0.15) is 0 Å². The lowest BCUT2D eigenvalue weighted by molar-refractivity contribution is 0.560. The highest BCUT2D eigenvalue weighted by Gasteiger charge is 2.56. The standard InChI is InChI=1S/C18H21NS/c1-10-9-11(2)20-18(10)17(19)16-14-8-7-12-5-3-4-6-13(12)15(14)16/h3-6,9,14-17H,7-8,19H2,1-2H3. The fourth-order valence-electron chi connectivity index (χ4n) is 4.27. The zero-order valence-electron chi connectivity index (χ0n) is 12.1. The van der Waals surface area contributed by atoms with Crippen molar-refractivity contribution in [2.75, 3.05) is 0 Å². The van der Waals surface area contributed by atoms with Crippen molar-refractivity contribution in [3.05, 3.63) is 56.8 Å². The molecule has 0 radical (unpaired) electrons. The Bertz CT molecular complexity index is 657. The summed E-state index contributed by atoms with van der Waals surface area (Å²) in [5.74, 6) is 2.20. The third kappa shape index (κ3) is 1.78. The van der Waals surface area contributed by atoms with Crippen molar-refractivity contribution < 1.29 is 0 Å². The molecule has 1 nitrogen and oxygen atoms in total. The summed E-state index contributed by atoms with van der Waals surface area (Å²) in [6.45, 7) is 4.39. The molecule has 0 spiro atoms. The van der Waals surface area contributed by atoms with Gasteiger partial charge in [-0.1, -0.05) is 24.3 Å². The Morgan fingerprint density at radius 2 is 2.05 bits per heavy atom. The Labute approximate surface area is 124 Å². The van der Waals surface area contributed by atoms with E-state index < -0.39 is 0 Å². The number of thiophene rings is 1. The van der Waals surface area contributed by atoms with Crippen LogP contribution in [0.4, 0.5) is 0 Å². The van der Waals surface area contributed by atoms with Crippen LogP contribution in [0.5, 0.6) is 0 Å². The summed E-state index contributed by atoms with van der Waals surface area (Å²) in [4.78, 5) is 2.80. The van der Waals surface area contributed by atoms with E-state index in [4.69, 9.17) is 5.73 Å². The van der Waals surface area contributed by atoms with Gasteiger partial charge < -0.3 is 5.73 Å². The van der Waals surface area contributed by atoms with Gasteiger partial charge in [0.2, 0.25) is 0 Å². The van der Waals surface area contributed by atoms with E-state index in [2.05, 4.69) is 44.2 Å². The molecular formula is C18H21NS. The molecule has 4 unspecified atom stereocenters. The van der Waals surface area contributed by atoms with Crippen LogP contribution in [0, 0.1) is 25.7 Å². The molecule has 2 aliphatic carbocycles. The molecule has 104 valence electrons. The zero-order valence-corrected chi connectivity index (χ0v) is 12.9. The second kappa shape index (κ2) is 4.44. The molecule has 4 atom stereocenters. The number of rotatable bonds is 2. The van der Waals surface area contributed by atoms with Gasteiger partial charge >= 0.3 is 0 Å². The van der Waals surface area contributed by atoms with E-state index in [0.29, 0.717) is 5.92 Å². The van der Waals surface area contributed by atoms with Crippen molar-refractivity contribution in [2.45, 2.75) is 38.6 Å². The third-order valence-corrected chi connectivity index (χ3v) is 6.44. The monoisotopic (exact) mass is 283 g/mol. The number of fused-ring (bicyclic) bond motifs is 3. The van der Waals surface area contributed by atoms with Crippen LogP contribution in [-0.2, 0) is 6.42 Å². The fourth-order valence-corrected chi connectivity index (χ4v) is 5.37. The van der Waals surface area contributed by atoms with Gasteiger partial charge in [0.05, 0.1) is 0 Å². The van der Waals surface area contributed by atoms with Crippen molar-refractivity contribution in [1.82, 2.24) is 0 Å². The van der Waals surface area contributed by atoms with Crippen LogP contribution >= 0.6 is 11.3 Å². The molecule has 0 bridgehead atoms. The molecule has 4 rings (SSSR count). The minimum Gasteiger partial charge on any atom is -0.323 e. The lowest BCUT2D eigenvalue weighted by atomic mass is 9.92. The van der Waals surface area contributed by atoms with Gasteiger partial charge in [0.1, 0.15) is 0 Å². The molecule has 1 saturated carbocycles. The maximum Gasteiger partial charge on any atom is 0.0430 e. The lowest BCUT2D eigenvalue weighted by Gasteiger charge is -2.13. The third-order valence-electron chi connectivity index (χ3n) is 5.19. The normalized spacial score (nSPS) is 28.6. The van der Waals surface area contributed by atoms with Gasteiger partial charge in [-0.3, -0.25) is 0 Å². The van der Waals surface area contributed by atoms with E-state index in [1.807, 2.05) is 11.3 Å². The highest BCUT2D eigenvalue weighted by Crippen LogP contribution is 2.64. The van der Waals surface area contributed by atoms with E-state index in [0.717, 1.165) is 11.8 Å². The molecule has 0 aliphatic heterocycles. The SMILES string of the molecule is Cc1cc(C)c(C(N)C2C3CCc4ccccc4C32)s1. The molecule has 1 aromatic heterocycles. The van der Waals surface area contributed by atoms with E-state index in [9.17, 15) is 0 Å². The van der Waals surface area contributed by atoms with Crippen LogP contribution in [0.1, 0.15) is 44.8 Å². The number of hydrogen-bond donors (Lipinski definition) is 1. The Morgan fingerprint density at radius 1 is 1.25 bits per heavy atom. The number of benzene rings is 1. The first-order chi connectivity index (χ1) is 9.66. The van der Waals surface area contributed by atoms with Crippen LogP contribution in [0.15, 0.2) is 30.3 Å². The van der Waals surface area contributed by atoms with Crippen molar-refractivity contribution in [1.29, 1.82) is 0 Å². The summed E-state index contributed by atoms with van der Waals surface area (Å²) in [6, 6.07) is 11.5. The molecule has 0 saturated heterocycles. The fraction of sp³-hybridized carbons (Fsp3) is 0.444. The van der Waals surface area contributed by atoms with Gasteiger partial charge in [-0.05, 0) is 67.2 Å². The summed E-state index contributed by atoms with van der Waals surface area (Å²) in [5.41, 5.74) is 11.2. The average Bonchev–Trinajstić information content (AvgIpc) is 3.09. The van der Waals surface area contributed by atoms with Gasteiger partial charge in [-0.25, -0.2) is 0 Å². The van der Waals surface area contributed by atoms with Crippen molar-refractivity contribution in [3.8, 4) is 0 Å². The summed E-state index contributed by atoms with van der Waals surface area (Å²) in [7, 11) is 0. The Morgan fingerprint density at radius 3 is 2.80 bits per heavy atom. The average molecular weight is 283 g/mol. The molecule has 1 heterocycles. The molecule has 2 N–H and O–H groups in total. The number of aryl methyl sites for hydroxylation is 3. The molecule has 1 aromatic carbocycles. The summed E-state index contributed by atoms with van der Waals surface area (Å²) in [6.07, 6.45) is 2.56.